The first kappa shape index (κ1) is 19.4. The highest BCUT2D eigenvalue weighted by Gasteiger charge is 2.41. The normalized spacial score (nSPS) is 16.7. The van der Waals surface area contributed by atoms with Crippen LogP contribution in [0.25, 0.3) is 0 Å². The van der Waals surface area contributed by atoms with Gasteiger partial charge < -0.3 is 5.32 Å². The molecule has 0 atom stereocenters. The molecule has 148 valence electrons. The van der Waals surface area contributed by atoms with Crippen LogP contribution < -0.4 is 9.62 Å². The first-order valence-corrected chi connectivity index (χ1v) is 11.6. The summed E-state index contributed by atoms with van der Waals surface area (Å²) in [6, 6.07) is 18.7. The van der Waals surface area contributed by atoms with Crippen LogP contribution in [0.4, 0.5) is 11.4 Å². The summed E-state index contributed by atoms with van der Waals surface area (Å²) in [5.41, 5.74) is 3.13. The van der Waals surface area contributed by atoms with Crippen LogP contribution in [0, 0.1) is 0 Å². The largest absolute Gasteiger partial charge is 0.360 e. The summed E-state index contributed by atoms with van der Waals surface area (Å²) in [6.45, 7) is 2.19. The fourth-order valence-electron chi connectivity index (χ4n) is 3.32. The number of allylic oxidation sites excluding steroid dienone is 1. The van der Waals surface area contributed by atoms with E-state index in [1.165, 1.54) is 21.8 Å². The summed E-state index contributed by atoms with van der Waals surface area (Å²) in [4.78, 5) is 13.2. The Morgan fingerprint density at radius 2 is 1.76 bits per heavy atom. The summed E-state index contributed by atoms with van der Waals surface area (Å²) in [5.74, 6) is -0.471. The minimum atomic E-state index is -4.00. The Hall–Kier alpha value is -2.90. The first-order chi connectivity index (χ1) is 14.0. The molecule has 0 unspecified atom stereocenters. The number of nitrogens with zero attached hydrogens (tertiary/aromatic N) is 1. The predicted molar refractivity (Wildman–Crippen MR) is 118 cm³/mol. The molecule has 1 aromatic heterocycles. The fourth-order valence-corrected chi connectivity index (χ4v) is 5.80. The number of ketones is 1. The number of hydrogen-bond donors (Lipinski definition) is 1. The van der Waals surface area contributed by atoms with Gasteiger partial charge >= 0.3 is 0 Å². The molecule has 0 saturated heterocycles. The van der Waals surface area contributed by atoms with Gasteiger partial charge in [-0.3, -0.25) is 9.10 Å². The number of carbonyl (C=O) groups excluding carboxylic acids is 1. The van der Waals surface area contributed by atoms with Gasteiger partial charge in [0, 0.05) is 11.9 Å². The zero-order chi connectivity index (χ0) is 20.4. The Kier molecular flexibility index (Phi) is 5.25. The first-order valence-electron chi connectivity index (χ1n) is 9.26. The number of sulfonamides is 1. The molecule has 7 heteroatoms. The molecule has 0 radical (unpaired) electrons. The Bertz CT molecular complexity index is 1180. The van der Waals surface area contributed by atoms with Crippen molar-refractivity contribution in [3.8, 4) is 0 Å². The Morgan fingerprint density at radius 1 is 1.03 bits per heavy atom. The van der Waals surface area contributed by atoms with Crippen molar-refractivity contribution in [3.05, 3.63) is 93.2 Å². The van der Waals surface area contributed by atoms with E-state index >= 15 is 0 Å². The van der Waals surface area contributed by atoms with Crippen LogP contribution >= 0.6 is 11.3 Å². The number of Topliss-reactive ketones (excluding diaryl/α,β-unsaturated/α-hetero) is 1. The molecule has 1 aliphatic heterocycles. The number of fused-ring (bicyclic) bond motifs is 1. The Morgan fingerprint density at radius 3 is 2.52 bits per heavy atom. The van der Waals surface area contributed by atoms with E-state index in [0.717, 1.165) is 23.2 Å². The lowest BCUT2D eigenvalue weighted by molar-refractivity contribution is 0.104. The smallest absolute Gasteiger partial charge is 0.270 e. The van der Waals surface area contributed by atoms with Gasteiger partial charge in [-0.25, -0.2) is 8.42 Å². The van der Waals surface area contributed by atoms with E-state index in [2.05, 4.69) is 5.32 Å². The fraction of sp³-hybridized carbons (Fsp3) is 0.136. The molecule has 1 N–H and O–H groups in total. The van der Waals surface area contributed by atoms with Gasteiger partial charge in [0.1, 0.15) is 4.88 Å². The second-order valence-electron chi connectivity index (χ2n) is 6.62. The predicted octanol–water partition coefficient (Wildman–Crippen LogP) is 4.80. The third-order valence-electron chi connectivity index (χ3n) is 4.84. The molecule has 5 nitrogen and oxygen atoms in total. The average Bonchev–Trinajstić information content (AvgIpc) is 3.22. The minimum Gasteiger partial charge on any atom is -0.360 e. The van der Waals surface area contributed by atoms with Crippen LogP contribution in [0.2, 0.25) is 0 Å². The number of nitrogens with one attached hydrogen (secondary N) is 1. The van der Waals surface area contributed by atoms with Crippen LogP contribution in [-0.4, -0.2) is 14.2 Å². The minimum absolute atomic E-state index is 0.170. The molecule has 0 saturated carbocycles. The molecule has 29 heavy (non-hydrogen) atoms. The number of aryl methyl sites for hydroxylation is 1. The highest BCUT2D eigenvalue weighted by Crippen LogP contribution is 2.39. The lowest BCUT2D eigenvalue weighted by atomic mass is 10.1. The van der Waals surface area contributed by atoms with E-state index in [1.54, 1.807) is 11.4 Å². The number of rotatable bonds is 5. The highest BCUT2D eigenvalue weighted by molar-refractivity contribution is 7.97. The molecule has 0 aliphatic carbocycles. The molecule has 0 spiro atoms. The monoisotopic (exact) mass is 424 g/mol. The summed E-state index contributed by atoms with van der Waals surface area (Å²) >= 11 is 1.26. The number of para-hydroxylation sites is 1. The maximum atomic E-state index is 13.4. The molecule has 4 rings (SSSR count). The van der Waals surface area contributed by atoms with E-state index in [0.29, 0.717) is 10.6 Å². The maximum absolute atomic E-state index is 13.4. The van der Waals surface area contributed by atoms with Crippen molar-refractivity contribution in [2.45, 2.75) is 19.9 Å². The van der Waals surface area contributed by atoms with Crippen molar-refractivity contribution in [2.75, 3.05) is 9.62 Å². The van der Waals surface area contributed by atoms with E-state index < -0.39 is 15.8 Å². The Labute approximate surface area is 174 Å². The molecule has 2 aromatic carbocycles. The SMILES string of the molecule is CCc1ccccc1NC=C1C(=O)c2sccc2N(Cc2ccccc2)S1(=O)=O. The summed E-state index contributed by atoms with van der Waals surface area (Å²) in [6.07, 6.45) is 2.12. The van der Waals surface area contributed by atoms with Gasteiger partial charge in [0.25, 0.3) is 10.0 Å². The van der Waals surface area contributed by atoms with E-state index in [4.69, 9.17) is 0 Å². The third-order valence-corrected chi connectivity index (χ3v) is 7.50. The number of anilines is 2. The molecule has 2 heterocycles. The molecule has 0 amide bonds. The van der Waals surface area contributed by atoms with Crippen LogP contribution in [0.5, 0.6) is 0 Å². The summed E-state index contributed by atoms with van der Waals surface area (Å²) < 4.78 is 28.0. The van der Waals surface area contributed by atoms with Crippen LogP contribution in [-0.2, 0) is 23.0 Å². The molecule has 1 aliphatic rings. The zero-order valence-corrected chi connectivity index (χ0v) is 17.5. The maximum Gasteiger partial charge on any atom is 0.270 e. The standard InChI is InChI=1S/C22H20N2O3S2/c1-2-17-10-6-7-11-18(17)23-14-20-21(25)22-19(12-13-28-22)24(29(20,26)27)15-16-8-4-3-5-9-16/h3-14,23H,2,15H2,1H3. The van der Waals surface area contributed by atoms with E-state index in [9.17, 15) is 13.2 Å². The summed E-state index contributed by atoms with van der Waals surface area (Å²) in [7, 11) is -4.00. The van der Waals surface area contributed by atoms with Crippen molar-refractivity contribution in [3.63, 3.8) is 0 Å². The van der Waals surface area contributed by atoms with Gasteiger partial charge in [-0.2, -0.15) is 0 Å². The van der Waals surface area contributed by atoms with Gasteiger partial charge in [-0.15, -0.1) is 11.3 Å². The second-order valence-corrected chi connectivity index (χ2v) is 9.37. The molecular formula is C22H20N2O3S2. The van der Waals surface area contributed by atoms with Crippen molar-refractivity contribution in [1.82, 2.24) is 0 Å². The van der Waals surface area contributed by atoms with Crippen molar-refractivity contribution < 1.29 is 13.2 Å². The van der Waals surface area contributed by atoms with Gasteiger partial charge in [0.05, 0.1) is 12.2 Å². The highest BCUT2D eigenvalue weighted by atomic mass is 32.2. The quantitative estimate of drug-likeness (QED) is 0.598. The summed E-state index contributed by atoms with van der Waals surface area (Å²) in [5, 5.41) is 4.79. The number of benzene rings is 2. The molecule has 0 fully saturated rings. The lowest BCUT2D eigenvalue weighted by Crippen LogP contribution is -2.38. The number of thiophene rings is 1. The lowest BCUT2D eigenvalue weighted by Gasteiger charge is -2.29. The van der Waals surface area contributed by atoms with E-state index in [-0.39, 0.29) is 11.4 Å². The molecule has 0 bridgehead atoms. The van der Waals surface area contributed by atoms with Gasteiger partial charge in [-0.05, 0) is 35.1 Å². The van der Waals surface area contributed by atoms with Gasteiger partial charge in [-0.1, -0.05) is 55.5 Å². The molecule has 3 aromatic rings. The van der Waals surface area contributed by atoms with Crippen LogP contribution in [0.1, 0.15) is 27.7 Å². The van der Waals surface area contributed by atoms with Crippen molar-refractivity contribution in [1.29, 1.82) is 0 Å². The molecular weight excluding hydrogens is 404 g/mol. The van der Waals surface area contributed by atoms with Crippen molar-refractivity contribution in [2.24, 2.45) is 0 Å². The second kappa shape index (κ2) is 7.85. The average molecular weight is 425 g/mol. The zero-order valence-electron chi connectivity index (χ0n) is 15.8. The van der Waals surface area contributed by atoms with Crippen LogP contribution in [0.3, 0.4) is 0 Å². The van der Waals surface area contributed by atoms with Crippen LogP contribution in [0.15, 0.2) is 77.1 Å². The topological polar surface area (TPSA) is 66.5 Å². The van der Waals surface area contributed by atoms with Crippen molar-refractivity contribution >= 4 is 38.5 Å². The third kappa shape index (κ3) is 3.59. The number of hydrogen-bond acceptors (Lipinski definition) is 5. The number of carbonyl (C=O) groups is 1. The van der Waals surface area contributed by atoms with Gasteiger partial charge in [0.15, 0.2) is 4.91 Å². The van der Waals surface area contributed by atoms with Gasteiger partial charge in [0.2, 0.25) is 5.78 Å². The Balaban J connectivity index is 1.76. The van der Waals surface area contributed by atoms with E-state index in [1.807, 2.05) is 61.5 Å².